The minimum absolute atomic E-state index is 0.112. The summed E-state index contributed by atoms with van der Waals surface area (Å²) in [5.74, 6) is -1.30. The van der Waals surface area contributed by atoms with Gasteiger partial charge in [-0.25, -0.2) is 0 Å². The summed E-state index contributed by atoms with van der Waals surface area (Å²) < 4.78 is 6.23. The van der Waals surface area contributed by atoms with Crippen molar-refractivity contribution in [1.29, 1.82) is 0 Å². The van der Waals surface area contributed by atoms with Crippen LogP contribution in [0.3, 0.4) is 0 Å². The Morgan fingerprint density at radius 3 is 2.50 bits per heavy atom. The molecule has 0 aliphatic heterocycles. The van der Waals surface area contributed by atoms with Gasteiger partial charge in [0.15, 0.2) is 5.78 Å². The number of carbonyl (C=O) groups excluding carboxylic acids is 2. The zero-order valence-electron chi connectivity index (χ0n) is 11.4. The number of Topliss-reactive ketones (excluding diaryl/α,β-unsaturated/α-hetero) is 1. The lowest BCUT2D eigenvalue weighted by Crippen LogP contribution is -2.20. The molecule has 0 fully saturated rings. The van der Waals surface area contributed by atoms with Crippen LogP contribution in [0, 0.1) is 10.1 Å². The number of aromatic nitrogens is 3. The first kappa shape index (κ1) is 15.1. The molecule has 0 spiro atoms. The van der Waals surface area contributed by atoms with E-state index < -0.39 is 23.3 Å². The number of hydrogen-bond donors (Lipinski definition) is 1. The standard InChI is InChI=1S/C12H11N5O5/c1-7(18)8-2-4-9(5-3-8)22-12-14-11(17(20)21)15-16(12)6-10(13)19/h2-5H,6H2,1H3,(H2,13,19). The molecule has 0 saturated carbocycles. The maximum atomic E-state index is 11.2. The molecule has 0 atom stereocenters. The first-order valence-electron chi connectivity index (χ1n) is 6.03. The van der Waals surface area contributed by atoms with E-state index in [4.69, 9.17) is 10.5 Å². The van der Waals surface area contributed by atoms with Crippen LogP contribution in [0.5, 0.6) is 11.8 Å². The molecule has 0 saturated heterocycles. The topological polar surface area (TPSA) is 143 Å². The van der Waals surface area contributed by atoms with E-state index in [0.717, 1.165) is 4.68 Å². The van der Waals surface area contributed by atoms with Crippen LogP contribution in [0.1, 0.15) is 17.3 Å². The zero-order valence-corrected chi connectivity index (χ0v) is 11.4. The van der Waals surface area contributed by atoms with E-state index in [0.29, 0.717) is 5.56 Å². The largest absolute Gasteiger partial charge is 0.494 e. The smallest absolute Gasteiger partial charge is 0.411 e. The summed E-state index contributed by atoms with van der Waals surface area (Å²) in [5.41, 5.74) is 5.52. The number of rotatable bonds is 6. The molecule has 0 bridgehead atoms. The molecule has 1 amide bonds. The van der Waals surface area contributed by atoms with E-state index in [9.17, 15) is 19.7 Å². The van der Waals surface area contributed by atoms with Crippen molar-refractivity contribution in [2.24, 2.45) is 5.73 Å². The van der Waals surface area contributed by atoms with Crippen LogP contribution >= 0.6 is 0 Å². The second kappa shape index (κ2) is 5.99. The van der Waals surface area contributed by atoms with Crippen LogP contribution in [-0.2, 0) is 11.3 Å². The summed E-state index contributed by atoms with van der Waals surface area (Å²) in [6.45, 7) is 1.00. The van der Waals surface area contributed by atoms with Crippen LogP contribution in [0.25, 0.3) is 0 Å². The van der Waals surface area contributed by atoms with Crippen molar-refractivity contribution in [2.45, 2.75) is 13.5 Å². The molecule has 2 N–H and O–H groups in total. The number of carbonyl (C=O) groups is 2. The Labute approximate surface area is 123 Å². The molecule has 22 heavy (non-hydrogen) atoms. The third-order valence-electron chi connectivity index (χ3n) is 2.57. The fraction of sp³-hybridized carbons (Fsp3) is 0.167. The van der Waals surface area contributed by atoms with Gasteiger partial charge in [0, 0.05) is 10.7 Å². The molecule has 0 unspecified atom stereocenters. The number of ketones is 1. The quantitative estimate of drug-likeness (QED) is 0.469. The fourth-order valence-electron chi connectivity index (χ4n) is 1.58. The van der Waals surface area contributed by atoms with Crippen LogP contribution in [-0.4, -0.2) is 31.4 Å². The van der Waals surface area contributed by atoms with Crippen molar-refractivity contribution >= 4 is 17.6 Å². The summed E-state index contributed by atoms with van der Waals surface area (Å²) in [6.07, 6.45) is 0. The molecular formula is C12H11N5O5. The summed E-state index contributed by atoms with van der Waals surface area (Å²) >= 11 is 0. The Balaban J connectivity index is 2.28. The maximum absolute atomic E-state index is 11.2. The average molecular weight is 305 g/mol. The first-order valence-corrected chi connectivity index (χ1v) is 6.03. The second-order valence-corrected chi connectivity index (χ2v) is 4.26. The first-order chi connectivity index (χ1) is 10.4. The summed E-state index contributed by atoms with van der Waals surface area (Å²) in [7, 11) is 0. The molecule has 10 nitrogen and oxygen atoms in total. The predicted octanol–water partition coefficient (Wildman–Crippen LogP) is 0.666. The zero-order chi connectivity index (χ0) is 16.3. The highest BCUT2D eigenvalue weighted by Crippen LogP contribution is 2.22. The van der Waals surface area contributed by atoms with E-state index in [-0.39, 0.29) is 17.5 Å². The Morgan fingerprint density at radius 2 is 2.00 bits per heavy atom. The number of nitrogens with zero attached hydrogens (tertiary/aromatic N) is 4. The van der Waals surface area contributed by atoms with Crippen molar-refractivity contribution in [2.75, 3.05) is 0 Å². The highest BCUT2D eigenvalue weighted by atomic mass is 16.6. The van der Waals surface area contributed by atoms with E-state index in [1.54, 1.807) is 0 Å². The molecule has 2 rings (SSSR count). The minimum Gasteiger partial charge on any atom is -0.411 e. The van der Waals surface area contributed by atoms with Gasteiger partial charge in [-0.1, -0.05) is 0 Å². The maximum Gasteiger partial charge on any atom is 0.494 e. The van der Waals surface area contributed by atoms with Gasteiger partial charge in [-0.05, 0) is 41.1 Å². The second-order valence-electron chi connectivity index (χ2n) is 4.26. The van der Waals surface area contributed by atoms with Gasteiger partial charge in [0.25, 0.3) is 0 Å². The molecular weight excluding hydrogens is 294 g/mol. The molecule has 10 heteroatoms. The molecule has 0 aliphatic rings. The number of ether oxygens (including phenoxy) is 1. The number of benzene rings is 1. The van der Waals surface area contributed by atoms with E-state index >= 15 is 0 Å². The lowest BCUT2D eigenvalue weighted by atomic mass is 10.1. The van der Waals surface area contributed by atoms with Gasteiger partial charge in [-0.3, -0.25) is 9.59 Å². The van der Waals surface area contributed by atoms with E-state index in [1.165, 1.54) is 31.2 Å². The number of nitro groups is 1. The van der Waals surface area contributed by atoms with Gasteiger partial charge in [0.2, 0.25) is 5.91 Å². The summed E-state index contributed by atoms with van der Waals surface area (Å²) in [6, 6.07) is 5.79. The average Bonchev–Trinajstić information content (AvgIpc) is 2.82. The van der Waals surface area contributed by atoms with Crippen LogP contribution in [0.15, 0.2) is 24.3 Å². The Morgan fingerprint density at radius 1 is 1.36 bits per heavy atom. The predicted molar refractivity (Wildman–Crippen MR) is 72.4 cm³/mol. The van der Waals surface area contributed by atoms with Gasteiger partial charge in [-0.15, -0.1) is 4.68 Å². The van der Waals surface area contributed by atoms with Crippen molar-refractivity contribution in [3.63, 3.8) is 0 Å². The SMILES string of the molecule is CC(=O)c1ccc(Oc2nc([N+](=O)[O-])nn2CC(N)=O)cc1. The highest BCUT2D eigenvalue weighted by molar-refractivity contribution is 5.94. The van der Waals surface area contributed by atoms with Crippen LogP contribution in [0.2, 0.25) is 0 Å². The van der Waals surface area contributed by atoms with Crippen molar-refractivity contribution in [3.8, 4) is 11.8 Å². The van der Waals surface area contributed by atoms with Crippen molar-refractivity contribution < 1.29 is 19.2 Å². The molecule has 1 aromatic heterocycles. The molecule has 2 aromatic rings. The molecule has 1 aromatic carbocycles. The normalized spacial score (nSPS) is 10.2. The van der Waals surface area contributed by atoms with Crippen LogP contribution < -0.4 is 10.5 Å². The highest BCUT2D eigenvalue weighted by Gasteiger charge is 2.24. The number of nitrogens with two attached hydrogens (primary N) is 1. The van der Waals surface area contributed by atoms with Gasteiger partial charge in [-0.2, -0.15) is 0 Å². The Hall–Kier alpha value is -3.30. The summed E-state index contributed by atoms with van der Waals surface area (Å²) in [4.78, 5) is 35.6. The third-order valence-corrected chi connectivity index (χ3v) is 2.57. The monoisotopic (exact) mass is 305 g/mol. The van der Waals surface area contributed by atoms with E-state index in [1.807, 2.05) is 0 Å². The number of hydrogen-bond acceptors (Lipinski definition) is 7. The van der Waals surface area contributed by atoms with Crippen molar-refractivity contribution in [1.82, 2.24) is 14.8 Å². The van der Waals surface area contributed by atoms with Gasteiger partial charge < -0.3 is 20.6 Å². The van der Waals surface area contributed by atoms with Gasteiger partial charge in [0.05, 0.1) is 0 Å². The fourth-order valence-corrected chi connectivity index (χ4v) is 1.58. The number of amides is 1. The Bertz CT molecular complexity index is 737. The molecule has 1 heterocycles. The van der Waals surface area contributed by atoms with Gasteiger partial charge in [0.1, 0.15) is 12.3 Å². The van der Waals surface area contributed by atoms with Crippen molar-refractivity contribution in [3.05, 3.63) is 39.9 Å². The summed E-state index contributed by atoms with van der Waals surface area (Å²) in [5, 5.41) is 14.2. The third kappa shape index (κ3) is 3.42. The van der Waals surface area contributed by atoms with Gasteiger partial charge >= 0.3 is 12.0 Å². The molecule has 114 valence electrons. The lowest BCUT2D eigenvalue weighted by Gasteiger charge is -2.02. The molecule has 0 radical (unpaired) electrons. The Kier molecular flexibility index (Phi) is 4.11. The lowest BCUT2D eigenvalue weighted by molar-refractivity contribution is -0.394. The number of primary amides is 1. The molecule has 0 aliphatic carbocycles. The van der Waals surface area contributed by atoms with E-state index in [2.05, 4.69) is 10.1 Å². The van der Waals surface area contributed by atoms with Crippen LogP contribution in [0.4, 0.5) is 5.95 Å². The minimum atomic E-state index is -0.816.